The highest BCUT2D eigenvalue weighted by atomic mass is 16.5. The van der Waals surface area contributed by atoms with E-state index in [4.69, 9.17) is 19.6 Å². The molecule has 2 aromatic rings. The van der Waals surface area contributed by atoms with Crippen LogP contribution in [0.2, 0.25) is 0 Å². The van der Waals surface area contributed by atoms with E-state index in [1.807, 2.05) is 30.3 Å². The van der Waals surface area contributed by atoms with Gasteiger partial charge in [0.15, 0.2) is 11.5 Å². The predicted octanol–water partition coefficient (Wildman–Crippen LogP) is 2.34. The van der Waals surface area contributed by atoms with Crippen molar-refractivity contribution in [2.75, 3.05) is 14.2 Å². The summed E-state index contributed by atoms with van der Waals surface area (Å²) in [6, 6.07) is 8.94. The van der Waals surface area contributed by atoms with Crippen molar-refractivity contribution in [2.45, 2.75) is 6.04 Å². The lowest BCUT2D eigenvalue weighted by molar-refractivity contribution is 0.354. The molecule has 90 valence electrons. The summed E-state index contributed by atoms with van der Waals surface area (Å²) in [6.07, 6.45) is 1.61. The molecule has 0 bridgehead atoms. The Bertz CT molecular complexity index is 479. The van der Waals surface area contributed by atoms with E-state index >= 15 is 0 Å². The molecule has 0 aliphatic carbocycles. The van der Waals surface area contributed by atoms with Gasteiger partial charge in [0, 0.05) is 0 Å². The standard InChI is InChI=1S/C13H15NO3/c1-15-10-6-5-9(8-12(10)16-2)13(14)11-4-3-7-17-11/h3-8,13H,14H2,1-2H3. The maximum Gasteiger partial charge on any atom is 0.161 e. The first-order valence-electron chi connectivity index (χ1n) is 5.27. The first kappa shape index (κ1) is 11.5. The Labute approximate surface area is 99.9 Å². The molecule has 0 spiro atoms. The number of nitrogens with two attached hydrogens (primary N) is 1. The minimum Gasteiger partial charge on any atom is -0.493 e. The Morgan fingerprint density at radius 1 is 1.12 bits per heavy atom. The number of benzene rings is 1. The zero-order valence-corrected chi connectivity index (χ0v) is 9.84. The van der Waals surface area contributed by atoms with Crippen LogP contribution in [0.5, 0.6) is 11.5 Å². The Hall–Kier alpha value is -1.94. The molecule has 0 saturated carbocycles. The lowest BCUT2D eigenvalue weighted by Gasteiger charge is -2.13. The van der Waals surface area contributed by atoms with Gasteiger partial charge in [-0.05, 0) is 29.8 Å². The van der Waals surface area contributed by atoms with Gasteiger partial charge in [-0.2, -0.15) is 0 Å². The van der Waals surface area contributed by atoms with E-state index in [-0.39, 0.29) is 6.04 Å². The van der Waals surface area contributed by atoms with Crippen LogP contribution >= 0.6 is 0 Å². The lowest BCUT2D eigenvalue weighted by Crippen LogP contribution is -2.11. The maximum atomic E-state index is 6.09. The number of ether oxygens (including phenoxy) is 2. The van der Waals surface area contributed by atoms with Gasteiger partial charge in [-0.3, -0.25) is 0 Å². The average molecular weight is 233 g/mol. The quantitative estimate of drug-likeness (QED) is 0.880. The van der Waals surface area contributed by atoms with E-state index in [1.54, 1.807) is 20.5 Å². The number of rotatable bonds is 4. The first-order chi connectivity index (χ1) is 8.26. The van der Waals surface area contributed by atoms with Crippen molar-refractivity contribution in [1.29, 1.82) is 0 Å². The summed E-state index contributed by atoms with van der Waals surface area (Å²) >= 11 is 0. The molecule has 0 saturated heterocycles. The number of furan rings is 1. The molecule has 1 unspecified atom stereocenters. The van der Waals surface area contributed by atoms with Crippen LogP contribution in [0.15, 0.2) is 41.0 Å². The van der Waals surface area contributed by atoms with Crippen molar-refractivity contribution in [3.05, 3.63) is 47.9 Å². The minimum absolute atomic E-state index is 0.301. The summed E-state index contributed by atoms with van der Waals surface area (Å²) in [5, 5.41) is 0. The molecule has 0 aliphatic rings. The molecule has 1 heterocycles. The highest BCUT2D eigenvalue weighted by Gasteiger charge is 2.14. The third-order valence-electron chi connectivity index (χ3n) is 2.62. The van der Waals surface area contributed by atoms with Gasteiger partial charge < -0.3 is 19.6 Å². The largest absolute Gasteiger partial charge is 0.493 e. The van der Waals surface area contributed by atoms with Crippen molar-refractivity contribution in [3.63, 3.8) is 0 Å². The molecule has 2 rings (SSSR count). The van der Waals surface area contributed by atoms with E-state index in [9.17, 15) is 0 Å². The van der Waals surface area contributed by atoms with Crippen LogP contribution in [0, 0.1) is 0 Å². The monoisotopic (exact) mass is 233 g/mol. The van der Waals surface area contributed by atoms with Crippen molar-refractivity contribution in [3.8, 4) is 11.5 Å². The lowest BCUT2D eigenvalue weighted by atomic mass is 10.0. The van der Waals surface area contributed by atoms with Crippen molar-refractivity contribution < 1.29 is 13.9 Å². The molecule has 0 radical (unpaired) electrons. The van der Waals surface area contributed by atoms with Crippen molar-refractivity contribution in [1.82, 2.24) is 0 Å². The van der Waals surface area contributed by atoms with Crippen LogP contribution < -0.4 is 15.2 Å². The fraction of sp³-hybridized carbons (Fsp3) is 0.231. The summed E-state index contributed by atoms with van der Waals surface area (Å²) in [5.74, 6) is 2.06. The van der Waals surface area contributed by atoms with Gasteiger partial charge in [0.1, 0.15) is 5.76 Å². The summed E-state index contributed by atoms with van der Waals surface area (Å²) in [6.45, 7) is 0. The normalized spacial score (nSPS) is 12.2. The molecule has 4 nitrogen and oxygen atoms in total. The molecule has 0 fully saturated rings. The molecular formula is C13H15NO3. The Morgan fingerprint density at radius 3 is 2.47 bits per heavy atom. The van der Waals surface area contributed by atoms with Gasteiger partial charge in [0.2, 0.25) is 0 Å². The maximum absolute atomic E-state index is 6.09. The van der Waals surface area contributed by atoms with Gasteiger partial charge >= 0.3 is 0 Å². The van der Waals surface area contributed by atoms with Gasteiger partial charge in [-0.1, -0.05) is 6.07 Å². The summed E-state index contributed by atoms with van der Waals surface area (Å²) in [7, 11) is 3.20. The average Bonchev–Trinajstić information content (AvgIpc) is 2.90. The van der Waals surface area contributed by atoms with Crippen molar-refractivity contribution >= 4 is 0 Å². The minimum atomic E-state index is -0.301. The fourth-order valence-corrected chi connectivity index (χ4v) is 1.68. The molecule has 4 heteroatoms. The molecule has 0 aliphatic heterocycles. The van der Waals surface area contributed by atoms with Crippen LogP contribution in [-0.2, 0) is 0 Å². The van der Waals surface area contributed by atoms with Gasteiger partial charge in [0.25, 0.3) is 0 Å². The molecule has 1 aromatic heterocycles. The summed E-state index contributed by atoms with van der Waals surface area (Å²) in [5.41, 5.74) is 7.00. The van der Waals surface area contributed by atoms with Crippen LogP contribution in [0.25, 0.3) is 0 Å². The van der Waals surface area contributed by atoms with E-state index in [2.05, 4.69) is 0 Å². The molecule has 17 heavy (non-hydrogen) atoms. The smallest absolute Gasteiger partial charge is 0.161 e. The summed E-state index contributed by atoms with van der Waals surface area (Å²) < 4.78 is 15.7. The highest BCUT2D eigenvalue weighted by Crippen LogP contribution is 2.31. The highest BCUT2D eigenvalue weighted by molar-refractivity contribution is 5.44. The fourth-order valence-electron chi connectivity index (χ4n) is 1.68. The third-order valence-corrected chi connectivity index (χ3v) is 2.62. The van der Waals surface area contributed by atoms with E-state index in [0.717, 1.165) is 11.3 Å². The van der Waals surface area contributed by atoms with E-state index in [1.165, 1.54) is 0 Å². The third kappa shape index (κ3) is 2.26. The first-order valence-corrected chi connectivity index (χ1v) is 5.27. The van der Waals surface area contributed by atoms with Gasteiger partial charge in [-0.25, -0.2) is 0 Å². The second-order valence-electron chi connectivity index (χ2n) is 3.61. The Morgan fingerprint density at radius 2 is 1.88 bits per heavy atom. The molecule has 0 amide bonds. The second kappa shape index (κ2) is 4.93. The molecule has 1 aromatic carbocycles. The molecule has 2 N–H and O–H groups in total. The Balaban J connectivity index is 2.33. The molecular weight excluding hydrogens is 218 g/mol. The van der Waals surface area contributed by atoms with E-state index in [0.29, 0.717) is 11.5 Å². The zero-order chi connectivity index (χ0) is 12.3. The van der Waals surface area contributed by atoms with Gasteiger partial charge in [-0.15, -0.1) is 0 Å². The van der Waals surface area contributed by atoms with Crippen LogP contribution in [0.3, 0.4) is 0 Å². The van der Waals surface area contributed by atoms with Crippen LogP contribution in [0.1, 0.15) is 17.4 Å². The summed E-state index contributed by atoms with van der Waals surface area (Å²) in [4.78, 5) is 0. The zero-order valence-electron chi connectivity index (χ0n) is 9.84. The van der Waals surface area contributed by atoms with E-state index < -0.39 is 0 Å². The van der Waals surface area contributed by atoms with Crippen LogP contribution in [-0.4, -0.2) is 14.2 Å². The number of methoxy groups -OCH3 is 2. The second-order valence-corrected chi connectivity index (χ2v) is 3.61. The van der Waals surface area contributed by atoms with Crippen LogP contribution in [0.4, 0.5) is 0 Å². The van der Waals surface area contributed by atoms with Gasteiger partial charge in [0.05, 0.1) is 26.5 Å². The van der Waals surface area contributed by atoms with Crippen molar-refractivity contribution in [2.24, 2.45) is 5.73 Å². The topological polar surface area (TPSA) is 57.6 Å². The number of hydrogen-bond donors (Lipinski definition) is 1. The Kier molecular flexibility index (Phi) is 3.35. The molecule has 1 atom stereocenters. The number of hydrogen-bond acceptors (Lipinski definition) is 4. The predicted molar refractivity (Wildman–Crippen MR) is 64.3 cm³/mol. The SMILES string of the molecule is COc1ccc(C(N)c2ccco2)cc1OC.